The molecule has 0 fully saturated rings. The molecule has 0 rings (SSSR count). The Hall–Kier alpha value is -0.990. The zero-order valence-corrected chi connectivity index (χ0v) is 10.7. The topological polar surface area (TPSA) is 109 Å². The van der Waals surface area contributed by atoms with Crippen LogP contribution >= 0.6 is 24.8 Å². The van der Waals surface area contributed by atoms with Crippen LogP contribution in [0.25, 0.3) is 0 Å². The first-order valence-electron chi connectivity index (χ1n) is 4.77. The molecule has 0 spiro atoms. The molecule has 0 radical (unpaired) electrons. The molecule has 0 aromatic heterocycles. The van der Waals surface area contributed by atoms with E-state index in [9.17, 15) is 14.4 Å². The number of carbonyl (C=O) groups excluding carboxylic acids is 2. The van der Waals surface area contributed by atoms with Crippen LogP contribution < -0.4 is 11.1 Å². The van der Waals surface area contributed by atoms with Gasteiger partial charge >= 0.3 is 5.97 Å². The number of ketones is 1. The van der Waals surface area contributed by atoms with Crippen molar-refractivity contribution in [3.05, 3.63) is 0 Å². The fourth-order valence-corrected chi connectivity index (χ4v) is 1.47. The van der Waals surface area contributed by atoms with Crippen LogP contribution in [0.1, 0.15) is 12.8 Å². The Morgan fingerprint density at radius 2 is 2.06 bits per heavy atom. The van der Waals surface area contributed by atoms with Gasteiger partial charge in [-0.05, 0) is 5.37 Å². The van der Waals surface area contributed by atoms with Crippen LogP contribution in [-0.2, 0) is 14.4 Å². The molecule has 0 saturated heterocycles. The van der Waals surface area contributed by atoms with Crippen LogP contribution in [0.2, 0.25) is 0 Å². The lowest BCUT2D eigenvalue weighted by Gasteiger charge is -2.17. The van der Waals surface area contributed by atoms with Crippen molar-refractivity contribution in [3.8, 4) is 0 Å². The number of rotatable bonds is 8. The largest absolute Gasteiger partial charge is 0.481 e. The summed E-state index contributed by atoms with van der Waals surface area (Å²) in [7, 11) is 0. The first kappa shape index (κ1) is 16.0. The zero-order valence-electron chi connectivity index (χ0n) is 8.96. The van der Waals surface area contributed by atoms with Gasteiger partial charge in [-0.15, -0.1) is 0 Å². The lowest BCUT2D eigenvalue weighted by atomic mass is 10.1. The number of carbonyl (C=O) groups is 3. The number of nitrogens with two attached hydrogens (primary N) is 1. The molecule has 0 heterocycles. The van der Waals surface area contributed by atoms with E-state index >= 15 is 0 Å². The maximum Gasteiger partial charge on any atom is 0.305 e. The quantitative estimate of drug-likeness (QED) is 0.340. The number of thiol groups is 1. The number of Topliss-reactive ketones (excluding diaryl/α,β-unsaturated/α-hetero) is 1. The van der Waals surface area contributed by atoms with Gasteiger partial charge in [0.2, 0.25) is 5.91 Å². The fraction of sp³-hybridized carbons (Fsp3) is 0.556. The Bertz CT molecular complexity index is 322. The van der Waals surface area contributed by atoms with Gasteiger partial charge in [0.05, 0.1) is 18.5 Å². The third-order valence-corrected chi connectivity index (χ3v) is 2.44. The maximum atomic E-state index is 11.4. The van der Waals surface area contributed by atoms with Gasteiger partial charge in [-0.25, -0.2) is 0 Å². The van der Waals surface area contributed by atoms with Crippen molar-refractivity contribution in [2.75, 3.05) is 5.75 Å². The minimum atomic E-state index is -1.19. The lowest BCUT2D eigenvalue weighted by molar-refractivity contribution is -0.139. The van der Waals surface area contributed by atoms with E-state index in [0.29, 0.717) is 0 Å². The molecule has 0 unspecified atom stereocenters. The predicted molar refractivity (Wildman–Crippen MR) is 69.3 cm³/mol. The van der Waals surface area contributed by atoms with Crippen molar-refractivity contribution in [1.29, 1.82) is 0 Å². The van der Waals surface area contributed by atoms with Crippen LogP contribution in [0.3, 0.4) is 0 Å². The van der Waals surface area contributed by atoms with Crippen LogP contribution in [0, 0.1) is 0 Å². The van der Waals surface area contributed by atoms with Gasteiger partial charge in [-0.2, -0.15) is 12.6 Å². The van der Waals surface area contributed by atoms with E-state index in [4.69, 9.17) is 10.8 Å². The van der Waals surface area contributed by atoms with Gasteiger partial charge < -0.3 is 16.2 Å². The van der Waals surface area contributed by atoms with E-state index in [2.05, 4.69) is 30.2 Å². The van der Waals surface area contributed by atoms with E-state index in [1.54, 1.807) is 0 Å². The molecule has 0 aliphatic heterocycles. The average Bonchev–Trinajstić information content (AvgIpc) is 2.24. The molecule has 4 N–H and O–H groups in total. The third-order valence-electron chi connectivity index (χ3n) is 1.90. The lowest BCUT2D eigenvalue weighted by Crippen LogP contribution is -2.49. The number of hydrogen-bond donors (Lipinski definition) is 4. The molecule has 0 aliphatic rings. The molecule has 1 amide bonds. The first-order valence-corrected chi connectivity index (χ1v) is 5.87. The molecular formula is C9H14N2O4S2. The van der Waals surface area contributed by atoms with Crippen molar-refractivity contribution in [3.63, 3.8) is 0 Å². The van der Waals surface area contributed by atoms with Crippen molar-refractivity contribution in [2.24, 2.45) is 5.73 Å². The van der Waals surface area contributed by atoms with Gasteiger partial charge in [-0.3, -0.25) is 14.4 Å². The van der Waals surface area contributed by atoms with E-state index < -0.39 is 30.4 Å². The molecule has 6 nitrogen and oxygen atoms in total. The predicted octanol–water partition coefficient (Wildman–Crippen LogP) is -0.838. The molecule has 96 valence electrons. The summed E-state index contributed by atoms with van der Waals surface area (Å²) >= 11 is 8.45. The molecule has 0 aromatic rings. The van der Waals surface area contributed by atoms with Gasteiger partial charge in [0.15, 0.2) is 5.78 Å². The van der Waals surface area contributed by atoms with Crippen molar-refractivity contribution in [1.82, 2.24) is 5.32 Å². The Morgan fingerprint density at radius 3 is 2.47 bits per heavy atom. The van der Waals surface area contributed by atoms with Crippen LogP contribution in [0.4, 0.5) is 0 Å². The van der Waals surface area contributed by atoms with Crippen molar-refractivity contribution >= 4 is 47.9 Å². The second kappa shape index (κ2) is 8.15. The summed E-state index contributed by atoms with van der Waals surface area (Å²) in [5.74, 6) is -2.05. The maximum absolute atomic E-state index is 11.4. The highest BCUT2D eigenvalue weighted by Crippen LogP contribution is 1.97. The molecule has 0 saturated carbocycles. The van der Waals surface area contributed by atoms with Gasteiger partial charge in [0.1, 0.15) is 0 Å². The van der Waals surface area contributed by atoms with Crippen LogP contribution in [0.5, 0.6) is 0 Å². The monoisotopic (exact) mass is 278 g/mol. The summed E-state index contributed by atoms with van der Waals surface area (Å²) in [5.41, 5.74) is 5.34. The fourth-order valence-electron chi connectivity index (χ4n) is 1.01. The Kier molecular flexibility index (Phi) is 7.68. The minimum Gasteiger partial charge on any atom is -0.481 e. The molecular weight excluding hydrogens is 264 g/mol. The summed E-state index contributed by atoms with van der Waals surface area (Å²) in [6, 6.07) is -1.99. The third kappa shape index (κ3) is 6.35. The molecule has 8 heteroatoms. The number of hydrogen-bond acceptors (Lipinski definition) is 6. The minimum absolute atomic E-state index is 0.0367. The Balaban J connectivity index is 4.36. The SMILES string of the molecule is N[C@@H](CC(=O)O)C(=O)N[C@@H](CS)C(=O)CC=S. The average molecular weight is 278 g/mol. The van der Waals surface area contributed by atoms with Crippen LogP contribution in [-0.4, -0.2) is 46.0 Å². The zero-order chi connectivity index (χ0) is 13.4. The Labute approximate surface area is 109 Å². The van der Waals surface area contributed by atoms with Gasteiger partial charge in [0, 0.05) is 12.2 Å². The summed E-state index contributed by atoms with van der Waals surface area (Å²) in [6.07, 6.45) is -0.457. The van der Waals surface area contributed by atoms with Crippen LogP contribution in [0.15, 0.2) is 0 Å². The molecule has 0 aromatic carbocycles. The highest BCUT2D eigenvalue weighted by atomic mass is 32.1. The Morgan fingerprint density at radius 1 is 1.47 bits per heavy atom. The number of carboxylic acids is 1. The highest BCUT2D eigenvalue weighted by molar-refractivity contribution is 7.80. The molecule has 17 heavy (non-hydrogen) atoms. The van der Waals surface area contributed by atoms with Crippen molar-refractivity contribution < 1.29 is 19.5 Å². The summed E-state index contributed by atoms with van der Waals surface area (Å²) in [6.45, 7) is 0. The van der Waals surface area contributed by atoms with E-state index in [0.717, 1.165) is 0 Å². The van der Waals surface area contributed by atoms with E-state index in [1.807, 2.05) is 0 Å². The number of thiocarbonyl (C=S) groups is 1. The highest BCUT2D eigenvalue weighted by Gasteiger charge is 2.23. The van der Waals surface area contributed by atoms with E-state index in [-0.39, 0.29) is 18.0 Å². The molecule has 0 aliphatic carbocycles. The molecule has 0 bridgehead atoms. The first-order chi connectivity index (χ1) is 7.92. The second-order valence-corrected chi connectivity index (χ2v) is 3.98. The normalized spacial score (nSPS) is 13.5. The molecule has 2 atom stereocenters. The number of carboxylic acid groups (broad SMARTS) is 1. The second-order valence-electron chi connectivity index (χ2n) is 3.29. The number of aliphatic carboxylic acids is 1. The smallest absolute Gasteiger partial charge is 0.305 e. The van der Waals surface area contributed by atoms with Gasteiger partial charge in [-0.1, -0.05) is 12.2 Å². The van der Waals surface area contributed by atoms with Crippen molar-refractivity contribution in [2.45, 2.75) is 24.9 Å². The number of amides is 1. The standard InChI is InChI=1S/C9H14N2O4S2/c10-5(3-8(13)14)9(15)11-6(4-17)7(12)1-2-16/h2,5-6,17H,1,3-4,10H2,(H,11,15)(H,13,14)/t5-,6-/m0/s1. The number of nitrogens with one attached hydrogen (secondary N) is 1. The van der Waals surface area contributed by atoms with E-state index in [1.165, 1.54) is 5.37 Å². The summed E-state index contributed by atoms with van der Waals surface area (Å²) in [4.78, 5) is 33.2. The van der Waals surface area contributed by atoms with Gasteiger partial charge in [0.25, 0.3) is 0 Å². The summed E-state index contributed by atoms with van der Waals surface area (Å²) in [5, 5.41) is 12.0. The summed E-state index contributed by atoms with van der Waals surface area (Å²) < 4.78 is 0.